The molecule has 1 aromatic heterocycles. The van der Waals surface area contributed by atoms with E-state index >= 15 is 0 Å². The lowest BCUT2D eigenvalue weighted by Crippen LogP contribution is -1.94. The monoisotopic (exact) mass is 340 g/mol. The van der Waals surface area contributed by atoms with Crippen molar-refractivity contribution >= 4 is 51.8 Å². The summed E-state index contributed by atoms with van der Waals surface area (Å²) in [7, 11) is 0. The van der Waals surface area contributed by atoms with E-state index in [0.717, 1.165) is 0 Å². The first-order valence-electron chi connectivity index (χ1n) is 5.84. The number of hydrogen-bond donors (Lipinski definition) is 2. The van der Waals surface area contributed by atoms with Crippen molar-refractivity contribution in [2.24, 2.45) is 0 Å². The Hall–Kier alpha value is -1.75. The van der Waals surface area contributed by atoms with Gasteiger partial charge in [0, 0.05) is 0 Å². The second-order valence-corrected chi connectivity index (χ2v) is 5.53. The Morgan fingerprint density at radius 3 is 2.52 bits per heavy atom. The Bertz CT molecular complexity index is 874. The summed E-state index contributed by atoms with van der Waals surface area (Å²) < 4.78 is 0. The van der Waals surface area contributed by atoms with Gasteiger partial charge in [-0.3, -0.25) is 0 Å². The Balaban J connectivity index is 2.22. The van der Waals surface area contributed by atoms with Crippen LogP contribution in [0.15, 0.2) is 30.3 Å². The number of halogens is 3. The van der Waals surface area contributed by atoms with Crippen LogP contribution in [-0.4, -0.2) is 21.0 Å². The molecule has 106 valence electrons. The van der Waals surface area contributed by atoms with Crippen molar-refractivity contribution in [1.29, 1.82) is 0 Å². The number of carbonyl (C=O) groups is 1. The Labute approximate surface area is 134 Å². The third-order valence-corrected chi connectivity index (χ3v) is 4.13. The maximum Gasteiger partial charge on any atom is 0.335 e. The fourth-order valence-electron chi connectivity index (χ4n) is 2.01. The molecule has 0 saturated carbocycles. The number of aromatic carboxylic acids is 1. The topological polar surface area (TPSA) is 66.0 Å². The summed E-state index contributed by atoms with van der Waals surface area (Å²) in [5, 5.41) is 10.1. The lowest BCUT2D eigenvalue weighted by atomic mass is 10.2. The van der Waals surface area contributed by atoms with E-state index in [1.165, 1.54) is 12.1 Å². The van der Waals surface area contributed by atoms with Crippen LogP contribution in [0, 0.1) is 0 Å². The molecule has 0 aliphatic heterocycles. The first-order chi connectivity index (χ1) is 9.97. The van der Waals surface area contributed by atoms with Crippen LogP contribution in [0.1, 0.15) is 10.4 Å². The highest BCUT2D eigenvalue weighted by molar-refractivity contribution is 6.46. The van der Waals surface area contributed by atoms with E-state index in [-0.39, 0.29) is 5.56 Å². The highest BCUT2D eigenvalue weighted by Gasteiger charge is 2.16. The molecule has 2 aromatic carbocycles. The molecule has 3 aromatic rings. The van der Waals surface area contributed by atoms with Gasteiger partial charge in [-0.1, -0.05) is 34.8 Å². The van der Waals surface area contributed by atoms with Crippen molar-refractivity contribution in [3.8, 4) is 11.4 Å². The van der Waals surface area contributed by atoms with Gasteiger partial charge in [-0.15, -0.1) is 0 Å². The molecule has 0 saturated heterocycles. The second kappa shape index (κ2) is 5.22. The fraction of sp³-hybridized carbons (Fsp3) is 0. The smallest absolute Gasteiger partial charge is 0.335 e. The van der Waals surface area contributed by atoms with Crippen LogP contribution >= 0.6 is 34.8 Å². The molecule has 0 amide bonds. The summed E-state index contributed by atoms with van der Waals surface area (Å²) in [6, 6.07) is 7.82. The largest absolute Gasteiger partial charge is 0.478 e. The number of imidazole rings is 1. The summed E-state index contributed by atoms with van der Waals surface area (Å²) in [4.78, 5) is 18.4. The maximum atomic E-state index is 11.0. The van der Waals surface area contributed by atoms with Crippen molar-refractivity contribution in [2.45, 2.75) is 0 Å². The highest BCUT2D eigenvalue weighted by Crippen LogP contribution is 2.38. The predicted octanol–water partition coefficient (Wildman–Crippen LogP) is 4.89. The van der Waals surface area contributed by atoms with Crippen molar-refractivity contribution in [2.75, 3.05) is 0 Å². The van der Waals surface area contributed by atoms with Crippen LogP contribution in [-0.2, 0) is 0 Å². The van der Waals surface area contributed by atoms with Crippen molar-refractivity contribution in [3.05, 3.63) is 51.0 Å². The Morgan fingerprint density at radius 2 is 1.81 bits per heavy atom. The van der Waals surface area contributed by atoms with Gasteiger partial charge < -0.3 is 10.1 Å². The Kier molecular flexibility index (Phi) is 3.53. The van der Waals surface area contributed by atoms with Gasteiger partial charge in [0.2, 0.25) is 0 Å². The van der Waals surface area contributed by atoms with Gasteiger partial charge in [0.15, 0.2) is 0 Å². The minimum atomic E-state index is -1.01. The van der Waals surface area contributed by atoms with E-state index in [0.29, 0.717) is 37.5 Å². The fourth-order valence-corrected chi connectivity index (χ4v) is 2.71. The van der Waals surface area contributed by atoms with Gasteiger partial charge in [0.25, 0.3) is 0 Å². The average molecular weight is 342 g/mol. The highest BCUT2D eigenvalue weighted by atomic mass is 35.5. The predicted molar refractivity (Wildman–Crippen MR) is 83.5 cm³/mol. The van der Waals surface area contributed by atoms with Gasteiger partial charge in [-0.25, -0.2) is 9.78 Å². The van der Waals surface area contributed by atoms with E-state index in [1.807, 2.05) is 0 Å². The molecule has 0 bridgehead atoms. The molecule has 21 heavy (non-hydrogen) atoms. The number of nitrogens with one attached hydrogen (secondary N) is 1. The minimum Gasteiger partial charge on any atom is -0.478 e. The van der Waals surface area contributed by atoms with Gasteiger partial charge in [-0.05, 0) is 30.3 Å². The summed E-state index contributed by atoms with van der Waals surface area (Å²) in [5.74, 6) is -0.572. The van der Waals surface area contributed by atoms with E-state index in [4.69, 9.17) is 39.9 Å². The van der Waals surface area contributed by atoms with E-state index < -0.39 is 5.97 Å². The van der Waals surface area contributed by atoms with Crippen LogP contribution in [0.3, 0.4) is 0 Å². The molecular weight excluding hydrogens is 335 g/mol. The van der Waals surface area contributed by atoms with Crippen molar-refractivity contribution < 1.29 is 9.90 Å². The summed E-state index contributed by atoms with van der Waals surface area (Å²) in [5.41, 5.74) is 1.85. The van der Waals surface area contributed by atoms with Crippen molar-refractivity contribution in [3.63, 3.8) is 0 Å². The quantitative estimate of drug-likeness (QED) is 0.652. The number of aromatic amines is 1. The molecule has 0 atom stereocenters. The van der Waals surface area contributed by atoms with E-state index in [1.54, 1.807) is 18.2 Å². The van der Waals surface area contributed by atoms with Gasteiger partial charge >= 0.3 is 5.97 Å². The van der Waals surface area contributed by atoms with Crippen LogP contribution in [0.5, 0.6) is 0 Å². The van der Waals surface area contributed by atoms with Gasteiger partial charge in [-0.2, -0.15) is 0 Å². The Morgan fingerprint density at radius 1 is 1.10 bits per heavy atom. The first-order valence-corrected chi connectivity index (χ1v) is 6.97. The molecule has 4 nitrogen and oxygen atoms in total. The maximum absolute atomic E-state index is 11.0. The molecule has 0 spiro atoms. The van der Waals surface area contributed by atoms with Crippen LogP contribution in [0.25, 0.3) is 22.4 Å². The average Bonchev–Trinajstić information content (AvgIpc) is 2.85. The number of carboxylic acid groups (broad SMARTS) is 1. The number of aromatic nitrogens is 2. The van der Waals surface area contributed by atoms with Crippen molar-refractivity contribution in [1.82, 2.24) is 9.97 Å². The SMILES string of the molecule is O=C(O)c1ccc2nc(-c3c(Cl)ccc(Cl)c3Cl)[nH]c2c1. The van der Waals surface area contributed by atoms with E-state index in [9.17, 15) is 4.79 Å². The molecule has 7 heteroatoms. The zero-order chi connectivity index (χ0) is 15.1. The summed E-state index contributed by atoms with van der Waals surface area (Å²) >= 11 is 18.3. The third-order valence-electron chi connectivity index (χ3n) is 3.01. The standard InChI is InChI=1S/C14H7Cl3N2O2/c15-7-2-3-8(16)12(17)11(7)13-18-9-4-1-6(14(20)21)5-10(9)19-13/h1-5H,(H,18,19)(H,20,21). The molecule has 1 heterocycles. The first kappa shape index (κ1) is 14.2. The molecule has 0 radical (unpaired) electrons. The zero-order valence-electron chi connectivity index (χ0n) is 10.3. The van der Waals surface area contributed by atoms with Gasteiger partial charge in [0.05, 0.1) is 37.2 Å². The number of nitrogens with zero attached hydrogens (tertiary/aromatic N) is 1. The molecular formula is C14H7Cl3N2O2. The second-order valence-electron chi connectivity index (χ2n) is 4.34. The summed E-state index contributed by atoms with van der Waals surface area (Å²) in [6.07, 6.45) is 0. The third kappa shape index (κ3) is 2.46. The lowest BCUT2D eigenvalue weighted by Gasteiger charge is -2.05. The molecule has 0 fully saturated rings. The molecule has 0 aliphatic carbocycles. The number of rotatable bonds is 2. The number of benzene rings is 2. The molecule has 0 unspecified atom stereocenters. The number of fused-ring (bicyclic) bond motifs is 1. The number of hydrogen-bond acceptors (Lipinski definition) is 2. The van der Waals surface area contributed by atoms with Gasteiger partial charge in [0.1, 0.15) is 5.82 Å². The molecule has 3 rings (SSSR count). The molecule has 2 N–H and O–H groups in total. The molecule has 0 aliphatic rings. The lowest BCUT2D eigenvalue weighted by molar-refractivity contribution is 0.0697. The zero-order valence-corrected chi connectivity index (χ0v) is 12.6. The van der Waals surface area contributed by atoms with Crippen LogP contribution in [0.4, 0.5) is 0 Å². The minimum absolute atomic E-state index is 0.168. The number of H-pyrrole nitrogens is 1. The normalized spacial score (nSPS) is 11.0. The van der Waals surface area contributed by atoms with Crippen LogP contribution in [0.2, 0.25) is 15.1 Å². The number of carboxylic acids is 1. The summed E-state index contributed by atoms with van der Waals surface area (Å²) in [6.45, 7) is 0. The van der Waals surface area contributed by atoms with E-state index in [2.05, 4.69) is 9.97 Å². The van der Waals surface area contributed by atoms with Crippen LogP contribution < -0.4 is 0 Å².